The minimum Gasteiger partial charge on any atom is -0.336 e. The van der Waals surface area contributed by atoms with Gasteiger partial charge in [0.05, 0.1) is 0 Å². The monoisotopic (exact) mass is 285 g/mol. The number of hydrogen-bond acceptors (Lipinski definition) is 0. The summed E-state index contributed by atoms with van der Waals surface area (Å²) in [6.45, 7) is 5.25. The lowest BCUT2D eigenvalue weighted by atomic mass is 10.1. The fourth-order valence-corrected chi connectivity index (χ4v) is 3.52. The number of nitrogens with zero attached hydrogens (tertiary/aromatic N) is 1. The Morgan fingerprint density at radius 3 is 1.73 bits per heavy atom. The van der Waals surface area contributed by atoms with Crippen LogP contribution in [-0.2, 0) is 6.54 Å². The lowest BCUT2D eigenvalue weighted by molar-refractivity contribution is 0.866. The van der Waals surface area contributed by atoms with Crippen LogP contribution in [0.5, 0.6) is 0 Å². The fourth-order valence-electron chi connectivity index (χ4n) is 3.52. The molecule has 0 fully saturated rings. The van der Waals surface area contributed by atoms with Crippen molar-refractivity contribution in [2.45, 2.75) is 20.4 Å². The molecule has 0 amide bonds. The summed E-state index contributed by atoms with van der Waals surface area (Å²) in [6.07, 6.45) is 0. The first kappa shape index (κ1) is 13.1. The van der Waals surface area contributed by atoms with Gasteiger partial charge in [-0.15, -0.1) is 0 Å². The number of aromatic nitrogens is 1. The van der Waals surface area contributed by atoms with Crippen molar-refractivity contribution in [3.63, 3.8) is 0 Å². The summed E-state index contributed by atoms with van der Waals surface area (Å²) in [5, 5.41) is 2.67. The lowest BCUT2D eigenvalue weighted by Gasteiger charge is -2.09. The van der Waals surface area contributed by atoms with Gasteiger partial charge in [0.2, 0.25) is 0 Å². The summed E-state index contributed by atoms with van der Waals surface area (Å²) in [7, 11) is 0. The molecule has 3 aromatic carbocycles. The number of para-hydroxylation sites is 2. The maximum Gasteiger partial charge on any atom is 0.0494 e. The minimum atomic E-state index is 0.913. The molecular weight excluding hydrogens is 266 g/mol. The number of hydrogen-bond donors (Lipinski definition) is 0. The van der Waals surface area contributed by atoms with Crippen molar-refractivity contribution in [1.82, 2.24) is 4.57 Å². The van der Waals surface area contributed by atoms with Gasteiger partial charge in [0.1, 0.15) is 0 Å². The quantitative estimate of drug-likeness (QED) is 0.461. The number of aryl methyl sites for hydroxylation is 2. The average molecular weight is 285 g/mol. The molecule has 0 unspecified atom stereocenters. The summed E-state index contributed by atoms with van der Waals surface area (Å²) in [4.78, 5) is 0. The van der Waals surface area contributed by atoms with Crippen LogP contribution in [0.1, 0.15) is 16.7 Å². The Balaban J connectivity index is 1.96. The molecule has 1 aromatic heterocycles. The summed E-state index contributed by atoms with van der Waals surface area (Å²) >= 11 is 0. The Labute approximate surface area is 130 Å². The van der Waals surface area contributed by atoms with E-state index in [-0.39, 0.29) is 0 Å². The molecule has 0 spiro atoms. The summed E-state index contributed by atoms with van der Waals surface area (Å²) in [5.74, 6) is 0. The second-order valence-electron chi connectivity index (χ2n) is 6.12. The number of fused-ring (bicyclic) bond motifs is 3. The zero-order valence-corrected chi connectivity index (χ0v) is 13.0. The van der Waals surface area contributed by atoms with Gasteiger partial charge in [-0.25, -0.2) is 0 Å². The van der Waals surface area contributed by atoms with Crippen LogP contribution in [0.25, 0.3) is 21.8 Å². The van der Waals surface area contributed by atoms with E-state index >= 15 is 0 Å². The number of benzene rings is 3. The molecule has 0 aliphatic heterocycles. The molecule has 22 heavy (non-hydrogen) atoms. The van der Waals surface area contributed by atoms with E-state index in [9.17, 15) is 0 Å². The molecule has 4 aromatic rings. The van der Waals surface area contributed by atoms with Crippen molar-refractivity contribution < 1.29 is 0 Å². The van der Waals surface area contributed by atoms with Crippen molar-refractivity contribution in [2.75, 3.05) is 0 Å². The Hall–Kier alpha value is -2.54. The van der Waals surface area contributed by atoms with Crippen LogP contribution < -0.4 is 0 Å². The Morgan fingerprint density at radius 2 is 1.18 bits per heavy atom. The second kappa shape index (κ2) is 5.03. The van der Waals surface area contributed by atoms with E-state index in [0.717, 1.165) is 6.54 Å². The maximum atomic E-state index is 2.43. The molecule has 1 heteroatoms. The first-order valence-corrected chi connectivity index (χ1v) is 7.75. The van der Waals surface area contributed by atoms with E-state index < -0.39 is 0 Å². The highest BCUT2D eigenvalue weighted by Crippen LogP contribution is 2.29. The minimum absolute atomic E-state index is 0.913. The van der Waals surface area contributed by atoms with Crippen molar-refractivity contribution in [1.29, 1.82) is 0 Å². The molecule has 0 aliphatic rings. The lowest BCUT2D eigenvalue weighted by Crippen LogP contribution is -2.00. The van der Waals surface area contributed by atoms with E-state index in [1.165, 1.54) is 38.5 Å². The van der Waals surface area contributed by atoms with Crippen LogP contribution in [0.15, 0.2) is 66.7 Å². The molecule has 4 rings (SSSR count). The van der Waals surface area contributed by atoms with Crippen LogP contribution >= 0.6 is 0 Å². The molecule has 0 N–H and O–H groups in total. The van der Waals surface area contributed by atoms with E-state index in [2.05, 4.69) is 85.1 Å². The van der Waals surface area contributed by atoms with E-state index in [1.807, 2.05) is 0 Å². The second-order valence-corrected chi connectivity index (χ2v) is 6.12. The molecule has 0 atom stereocenters. The predicted molar refractivity (Wildman–Crippen MR) is 94.5 cm³/mol. The van der Waals surface area contributed by atoms with Crippen LogP contribution in [0.3, 0.4) is 0 Å². The average Bonchev–Trinajstić information content (AvgIpc) is 2.81. The van der Waals surface area contributed by atoms with Gasteiger partial charge in [-0.3, -0.25) is 0 Å². The highest BCUT2D eigenvalue weighted by molar-refractivity contribution is 6.08. The van der Waals surface area contributed by atoms with Crippen molar-refractivity contribution in [3.8, 4) is 0 Å². The fraction of sp³-hybridized carbons (Fsp3) is 0.143. The Bertz CT molecular complexity index is 902. The van der Waals surface area contributed by atoms with E-state index in [4.69, 9.17) is 0 Å². The molecule has 1 heterocycles. The van der Waals surface area contributed by atoms with Gasteiger partial charge in [0, 0.05) is 28.4 Å². The zero-order chi connectivity index (χ0) is 15.1. The third-order valence-corrected chi connectivity index (χ3v) is 4.30. The topological polar surface area (TPSA) is 4.93 Å². The molecule has 0 aliphatic carbocycles. The van der Waals surface area contributed by atoms with E-state index in [0.29, 0.717) is 0 Å². The largest absolute Gasteiger partial charge is 0.336 e. The standard InChI is InChI=1S/C21H19N/c1-15-11-16(2)13-17(12-15)14-22-20-9-5-3-7-18(20)19-8-4-6-10-21(19)22/h3-13H,14H2,1-2H3. The third-order valence-electron chi connectivity index (χ3n) is 4.30. The van der Waals surface area contributed by atoms with Gasteiger partial charge < -0.3 is 4.57 Å². The smallest absolute Gasteiger partial charge is 0.0494 e. The molecule has 0 saturated carbocycles. The highest BCUT2D eigenvalue weighted by Gasteiger charge is 2.10. The van der Waals surface area contributed by atoms with E-state index in [1.54, 1.807) is 0 Å². The Morgan fingerprint density at radius 1 is 0.682 bits per heavy atom. The normalized spacial score (nSPS) is 11.4. The zero-order valence-electron chi connectivity index (χ0n) is 13.0. The molecule has 0 radical (unpaired) electrons. The first-order valence-electron chi connectivity index (χ1n) is 7.75. The van der Waals surface area contributed by atoms with Gasteiger partial charge >= 0.3 is 0 Å². The van der Waals surface area contributed by atoms with Gasteiger partial charge in [-0.1, -0.05) is 65.7 Å². The van der Waals surface area contributed by atoms with Crippen LogP contribution in [0.4, 0.5) is 0 Å². The van der Waals surface area contributed by atoms with Crippen LogP contribution in [-0.4, -0.2) is 4.57 Å². The summed E-state index contributed by atoms with van der Waals surface area (Å²) in [6, 6.07) is 24.2. The van der Waals surface area contributed by atoms with Crippen LogP contribution in [0.2, 0.25) is 0 Å². The third kappa shape index (κ3) is 2.10. The van der Waals surface area contributed by atoms with Gasteiger partial charge in [-0.05, 0) is 31.5 Å². The maximum absolute atomic E-state index is 2.43. The van der Waals surface area contributed by atoms with Crippen molar-refractivity contribution in [3.05, 3.63) is 83.4 Å². The van der Waals surface area contributed by atoms with Crippen molar-refractivity contribution >= 4 is 21.8 Å². The Kier molecular flexibility index (Phi) is 3.00. The first-order chi connectivity index (χ1) is 10.7. The van der Waals surface area contributed by atoms with Crippen LogP contribution in [0, 0.1) is 13.8 Å². The van der Waals surface area contributed by atoms with Crippen molar-refractivity contribution in [2.24, 2.45) is 0 Å². The molecule has 108 valence electrons. The molecule has 0 bridgehead atoms. The number of rotatable bonds is 2. The van der Waals surface area contributed by atoms with Gasteiger partial charge in [-0.2, -0.15) is 0 Å². The highest BCUT2D eigenvalue weighted by atomic mass is 15.0. The SMILES string of the molecule is Cc1cc(C)cc(Cn2c3ccccc3c3ccccc32)c1. The van der Waals surface area contributed by atoms with Gasteiger partial charge in [0.15, 0.2) is 0 Å². The molecule has 1 nitrogen and oxygen atoms in total. The van der Waals surface area contributed by atoms with Gasteiger partial charge in [0.25, 0.3) is 0 Å². The summed E-state index contributed by atoms with van der Waals surface area (Å²) < 4.78 is 2.43. The summed E-state index contributed by atoms with van der Waals surface area (Å²) in [5.41, 5.74) is 6.64. The molecular formula is C21H19N. The molecule has 0 saturated heterocycles. The predicted octanol–water partition coefficient (Wildman–Crippen LogP) is 5.46.